The molecule has 0 bridgehead atoms. The number of anilines is 1. The number of ether oxygens (including phenoxy) is 1. The zero-order valence-corrected chi connectivity index (χ0v) is 13.1. The summed E-state index contributed by atoms with van der Waals surface area (Å²) in [5.41, 5.74) is 1.94. The lowest BCUT2D eigenvalue weighted by atomic mass is 10.1. The van der Waals surface area contributed by atoms with E-state index in [0.29, 0.717) is 22.0 Å². The molecule has 0 aliphatic carbocycles. The Bertz CT molecular complexity index is 713. The van der Waals surface area contributed by atoms with E-state index in [9.17, 15) is 9.59 Å². The van der Waals surface area contributed by atoms with Gasteiger partial charge in [0.25, 0.3) is 0 Å². The SMILES string of the molecule is COc1ccc(CC(=O)Nc2cccc(C(C)=O)c2)cc1Cl. The number of methoxy groups -OCH3 is 1. The molecule has 114 valence electrons. The Balaban J connectivity index is 2.05. The lowest BCUT2D eigenvalue weighted by Crippen LogP contribution is -2.14. The Morgan fingerprint density at radius 3 is 2.59 bits per heavy atom. The molecule has 4 nitrogen and oxygen atoms in total. The number of amides is 1. The van der Waals surface area contributed by atoms with E-state index >= 15 is 0 Å². The molecule has 0 saturated heterocycles. The van der Waals surface area contributed by atoms with E-state index in [2.05, 4.69) is 5.32 Å². The van der Waals surface area contributed by atoms with Gasteiger partial charge in [-0.1, -0.05) is 29.8 Å². The first-order valence-corrected chi connectivity index (χ1v) is 7.10. The molecular weight excluding hydrogens is 302 g/mol. The molecule has 0 unspecified atom stereocenters. The minimum absolute atomic E-state index is 0.0435. The Hall–Kier alpha value is -2.33. The topological polar surface area (TPSA) is 55.4 Å². The highest BCUT2D eigenvalue weighted by Crippen LogP contribution is 2.25. The molecule has 1 amide bonds. The molecule has 2 aromatic rings. The molecule has 0 aromatic heterocycles. The van der Waals surface area contributed by atoms with Crippen molar-refractivity contribution >= 4 is 29.0 Å². The lowest BCUT2D eigenvalue weighted by Gasteiger charge is -2.08. The highest BCUT2D eigenvalue weighted by atomic mass is 35.5. The number of nitrogens with one attached hydrogen (secondary N) is 1. The lowest BCUT2D eigenvalue weighted by molar-refractivity contribution is -0.115. The summed E-state index contributed by atoms with van der Waals surface area (Å²) < 4.78 is 5.07. The van der Waals surface area contributed by atoms with Crippen molar-refractivity contribution in [3.63, 3.8) is 0 Å². The van der Waals surface area contributed by atoms with Crippen LogP contribution in [0.1, 0.15) is 22.8 Å². The molecule has 1 N–H and O–H groups in total. The monoisotopic (exact) mass is 317 g/mol. The first kappa shape index (κ1) is 16.0. The molecule has 0 aliphatic rings. The third kappa shape index (κ3) is 4.09. The van der Waals surface area contributed by atoms with Gasteiger partial charge in [-0.2, -0.15) is 0 Å². The summed E-state index contributed by atoms with van der Waals surface area (Å²) in [4.78, 5) is 23.4. The van der Waals surface area contributed by atoms with Crippen LogP contribution in [0.3, 0.4) is 0 Å². The second kappa shape index (κ2) is 7.09. The van der Waals surface area contributed by atoms with E-state index < -0.39 is 0 Å². The third-order valence-electron chi connectivity index (χ3n) is 3.13. The molecule has 2 rings (SSSR count). The summed E-state index contributed by atoms with van der Waals surface area (Å²) in [6, 6.07) is 12.0. The minimum atomic E-state index is -0.179. The summed E-state index contributed by atoms with van der Waals surface area (Å²) >= 11 is 6.03. The van der Waals surface area contributed by atoms with Crippen LogP contribution in [0.4, 0.5) is 5.69 Å². The second-order valence-corrected chi connectivity index (χ2v) is 5.24. The van der Waals surface area contributed by atoms with Crippen molar-refractivity contribution in [1.29, 1.82) is 0 Å². The summed E-state index contributed by atoms with van der Waals surface area (Å²) in [6.45, 7) is 1.49. The zero-order chi connectivity index (χ0) is 16.1. The fraction of sp³-hybridized carbons (Fsp3) is 0.176. The smallest absolute Gasteiger partial charge is 0.228 e. The maximum absolute atomic E-state index is 12.1. The Morgan fingerprint density at radius 1 is 1.18 bits per heavy atom. The van der Waals surface area contributed by atoms with E-state index in [-0.39, 0.29) is 18.1 Å². The van der Waals surface area contributed by atoms with Gasteiger partial charge in [0.05, 0.1) is 18.6 Å². The molecule has 22 heavy (non-hydrogen) atoms. The average Bonchev–Trinajstić information content (AvgIpc) is 2.47. The van der Waals surface area contributed by atoms with Crippen molar-refractivity contribution < 1.29 is 14.3 Å². The van der Waals surface area contributed by atoms with E-state index in [1.165, 1.54) is 14.0 Å². The predicted octanol–water partition coefficient (Wildman–Crippen LogP) is 3.73. The molecule has 2 aromatic carbocycles. The number of hydrogen-bond donors (Lipinski definition) is 1. The Kier molecular flexibility index (Phi) is 5.17. The van der Waals surface area contributed by atoms with Gasteiger partial charge in [-0.25, -0.2) is 0 Å². The zero-order valence-electron chi connectivity index (χ0n) is 12.4. The van der Waals surface area contributed by atoms with Crippen molar-refractivity contribution in [2.75, 3.05) is 12.4 Å². The molecule has 0 fully saturated rings. The maximum atomic E-state index is 12.1. The van der Waals surface area contributed by atoms with Gasteiger partial charge in [0.1, 0.15) is 5.75 Å². The van der Waals surface area contributed by atoms with Gasteiger partial charge >= 0.3 is 0 Å². The molecule has 0 aliphatic heterocycles. The maximum Gasteiger partial charge on any atom is 0.228 e. The number of rotatable bonds is 5. The third-order valence-corrected chi connectivity index (χ3v) is 3.43. The van der Waals surface area contributed by atoms with Gasteiger partial charge in [0.2, 0.25) is 5.91 Å². The molecule has 5 heteroatoms. The highest BCUT2D eigenvalue weighted by molar-refractivity contribution is 6.32. The second-order valence-electron chi connectivity index (χ2n) is 4.83. The quantitative estimate of drug-likeness (QED) is 0.855. The number of ketones is 1. The average molecular weight is 318 g/mol. The predicted molar refractivity (Wildman–Crippen MR) is 86.8 cm³/mol. The largest absolute Gasteiger partial charge is 0.495 e. The van der Waals surface area contributed by atoms with Crippen LogP contribution in [0.5, 0.6) is 5.75 Å². The molecule has 0 saturated carbocycles. The molecular formula is C17H16ClNO3. The highest BCUT2D eigenvalue weighted by Gasteiger charge is 2.08. The van der Waals surface area contributed by atoms with Crippen LogP contribution in [-0.4, -0.2) is 18.8 Å². The number of hydrogen-bond acceptors (Lipinski definition) is 3. The van der Waals surface area contributed by atoms with Crippen molar-refractivity contribution in [1.82, 2.24) is 0 Å². The summed E-state index contributed by atoms with van der Waals surface area (Å²) in [5.74, 6) is 0.347. The fourth-order valence-corrected chi connectivity index (χ4v) is 2.31. The van der Waals surface area contributed by atoms with Crippen LogP contribution in [0.25, 0.3) is 0 Å². The molecule has 0 atom stereocenters. The van der Waals surface area contributed by atoms with Gasteiger partial charge in [-0.05, 0) is 36.8 Å². The van der Waals surface area contributed by atoms with E-state index in [4.69, 9.17) is 16.3 Å². The number of halogens is 1. The van der Waals surface area contributed by atoms with Crippen molar-refractivity contribution in [3.8, 4) is 5.75 Å². The standard InChI is InChI=1S/C17H16ClNO3/c1-11(20)13-4-3-5-14(10-13)19-17(21)9-12-6-7-16(22-2)15(18)8-12/h3-8,10H,9H2,1-2H3,(H,19,21). The van der Waals surface area contributed by atoms with Crippen LogP contribution in [0.2, 0.25) is 5.02 Å². The Morgan fingerprint density at radius 2 is 1.95 bits per heavy atom. The first-order valence-electron chi connectivity index (χ1n) is 6.73. The summed E-state index contributed by atoms with van der Waals surface area (Å²) in [5, 5.41) is 3.23. The normalized spacial score (nSPS) is 10.1. The Labute approximate surface area is 134 Å². The van der Waals surface area contributed by atoms with Gasteiger partial charge in [0.15, 0.2) is 5.78 Å². The van der Waals surface area contributed by atoms with E-state index in [1.54, 1.807) is 42.5 Å². The minimum Gasteiger partial charge on any atom is -0.495 e. The van der Waals surface area contributed by atoms with Crippen molar-refractivity contribution in [3.05, 3.63) is 58.6 Å². The number of carbonyl (C=O) groups excluding carboxylic acids is 2. The van der Waals surface area contributed by atoms with Crippen LogP contribution >= 0.6 is 11.6 Å². The van der Waals surface area contributed by atoms with Gasteiger partial charge in [0, 0.05) is 11.3 Å². The van der Waals surface area contributed by atoms with Crippen LogP contribution in [0.15, 0.2) is 42.5 Å². The number of Topliss-reactive ketones (excluding diaryl/α,β-unsaturated/α-hetero) is 1. The van der Waals surface area contributed by atoms with E-state index in [0.717, 1.165) is 5.56 Å². The molecule has 0 radical (unpaired) electrons. The fourth-order valence-electron chi connectivity index (χ4n) is 2.03. The molecule has 0 spiro atoms. The van der Waals surface area contributed by atoms with Crippen molar-refractivity contribution in [2.24, 2.45) is 0 Å². The first-order chi connectivity index (χ1) is 10.5. The van der Waals surface area contributed by atoms with E-state index in [1.807, 2.05) is 0 Å². The van der Waals surface area contributed by atoms with Gasteiger partial charge in [-0.3, -0.25) is 9.59 Å². The van der Waals surface area contributed by atoms with Gasteiger partial charge in [-0.15, -0.1) is 0 Å². The van der Waals surface area contributed by atoms with Crippen LogP contribution in [-0.2, 0) is 11.2 Å². The van der Waals surface area contributed by atoms with Crippen molar-refractivity contribution in [2.45, 2.75) is 13.3 Å². The number of carbonyl (C=O) groups is 2. The molecule has 0 heterocycles. The summed E-state index contributed by atoms with van der Waals surface area (Å²) in [7, 11) is 1.54. The van der Waals surface area contributed by atoms with Crippen LogP contribution < -0.4 is 10.1 Å². The van der Waals surface area contributed by atoms with Gasteiger partial charge < -0.3 is 10.1 Å². The summed E-state index contributed by atoms with van der Waals surface area (Å²) in [6.07, 6.45) is 0.189. The van der Waals surface area contributed by atoms with Crippen LogP contribution in [0, 0.1) is 0 Å². The number of benzene rings is 2.